The molecule has 0 saturated carbocycles. The Morgan fingerprint density at radius 1 is 1.42 bits per heavy atom. The number of ether oxygens (including phenoxy) is 1. The Labute approximate surface area is 114 Å². The number of likely N-dealkylation sites (tertiary alicyclic amines) is 1. The summed E-state index contributed by atoms with van der Waals surface area (Å²) in [5.41, 5.74) is -0.558. The number of amides is 2. The number of hydrogen-bond acceptors (Lipinski definition) is 4. The predicted octanol–water partition coefficient (Wildman–Crippen LogP) is 0.885. The average molecular weight is 272 g/mol. The summed E-state index contributed by atoms with van der Waals surface area (Å²) in [6.07, 6.45) is 1.54. The van der Waals surface area contributed by atoms with Crippen LogP contribution in [0.4, 0.5) is 4.79 Å². The number of carbonyl (C=O) groups is 2. The van der Waals surface area contributed by atoms with Crippen molar-refractivity contribution in [1.29, 1.82) is 0 Å². The molecule has 6 heteroatoms. The minimum atomic E-state index is -0.558. The molecule has 1 fully saturated rings. The lowest BCUT2D eigenvalue weighted by Gasteiger charge is -2.28. The lowest BCUT2D eigenvalue weighted by molar-refractivity contribution is -0.125. The summed E-state index contributed by atoms with van der Waals surface area (Å²) in [7, 11) is 0. The second-order valence-corrected chi connectivity index (χ2v) is 5.70. The number of nitrogens with zero attached hydrogens (tertiary/aromatic N) is 1. The summed E-state index contributed by atoms with van der Waals surface area (Å²) in [6, 6.07) is -0.450. The first-order chi connectivity index (χ1) is 8.85. The van der Waals surface area contributed by atoms with Crippen LogP contribution in [0.2, 0.25) is 0 Å². The van der Waals surface area contributed by atoms with Crippen molar-refractivity contribution < 1.29 is 19.4 Å². The van der Waals surface area contributed by atoms with Gasteiger partial charge in [0.1, 0.15) is 11.6 Å². The summed E-state index contributed by atoms with van der Waals surface area (Å²) in [5.74, 6) is -0.170. The Bertz CT molecular complexity index is 325. The molecule has 19 heavy (non-hydrogen) atoms. The van der Waals surface area contributed by atoms with Crippen LogP contribution >= 0.6 is 0 Å². The molecule has 2 N–H and O–H groups in total. The van der Waals surface area contributed by atoms with E-state index in [1.807, 2.05) is 0 Å². The molecule has 0 aromatic rings. The summed E-state index contributed by atoms with van der Waals surface area (Å²) in [6.45, 7) is 6.42. The Morgan fingerprint density at radius 3 is 2.68 bits per heavy atom. The van der Waals surface area contributed by atoms with Crippen LogP contribution in [-0.4, -0.2) is 53.3 Å². The molecule has 1 rings (SSSR count). The monoisotopic (exact) mass is 272 g/mol. The highest BCUT2D eigenvalue weighted by atomic mass is 16.6. The topological polar surface area (TPSA) is 78.9 Å². The van der Waals surface area contributed by atoms with Gasteiger partial charge in [-0.3, -0.25) is 9.69 Å². The standard InChI is InChI=1S/C13H24N2O4/c1-13(2,3)19-12(18)15-8-4-6-10(15)11(17)14-7-5-9-16/h10,16H,4-9H2,1-3H3,(H,14,17). The van der Waals surface area contributed by atoms with Gasteiger partial charge in [-0.1, -0.05) is 0 Å². The van der Waals surface area contributed by atoms with Crippen molar-refractivity contribution in [3.8, 4) is 0 Å². The Balaban J connectivity index is 2.53. The van der Waals surface area contributed by atoms with Gasteiger partial charge in [0.2, 0.25) is 5.91 Å². The molecule has 0 bridgehead atoms. The third-order valence-electron chi connectivity index (χ3n) is 2.82. The van der Waals surface area contributed by atoms with Crippen molar-refractivity contribution in [2.45, 2.75) is 51.7 Å². The molecule has 0 spiro atoms. The van der Waals surface area contributed by atoms with E-state index in [1.54, 1.807) is 20.8 Å². The molecule has 2 amide bonds. The van der Waals surface area contributed by atoms with Crippen molar-refractivity contribution >= 4 is 12.0 Å². The van der Waals surface area contributed by atoms with Crippen molar-refractivity contribution in [3.63, 3.8) is 0 Å². The molecule has 0 aliphatic carbocycles. The molecule has 0 aromatic carbocycles. The van der Waals surface area contributed by atoms with Gasteiger partial charge in [0.05, 0.1) is 0 Å². The van der Waals surface area contributed by atoms with Crippen LogP contribution in [0.1, 0.15) is 40.0 Å². The first kappa shape index (κ1) is 15.8. The number of nitrogens with one attached hydrogen (secondary N) is 1. The highest BCUT2D eigenvalue weighted by Crippen LogP contribution is 2.20. The van der Waals surface area contributed by atoms with Gasteiger partial charge >= 0.3 is 6.09 Å². The van der Waals surface area contributed by atoms with Crippen LogP contribution in [0.15, 0.2) is 0 Å². The van der Waals surface area contributed by atoms with Crippen LogP contribution in [0, 0.1) is 0 Å². The summed E-state index contributed by atoms with van der Waals surface area (Å²) in [5, 5.41) is 11.4. The number of hydrogen-bond donors (Lipinski definition) is 2. The van der Waals surface area contributed by atoms with Gasteiger partial charge in [0, 0.05) is 19.7 Å². The average Bonchev–Trinajstić information content (AvgIpc) is 2.75. The lowest BCUT2D eigenvalue weighted by Crippen LogP contribution is -2.47. The van der Waals surface area contributed by atoms with Gasteiger partial charge in [0.15, 0.2) is 0 Å². The van der Waals surface area contributed by atoms with Gasteiger partial charge in [-0.25, -0.2) is 4.79 Å². The quantitative estimate of drug-likeness (QED) is 0.745. The van der Waals surface area contributed by atoms with Gasteiger partial charge in [-0.2, -0.15) is 0 Å². The SMILES string of the molecule is CC(C)(C)OC(=O)N1CCCC1C(=O)NCCCO. The summed E-state index contributed by atoms with van der Waals surface area (Å²) >= 11 is 0. The first-order valence-corrected chi connectivity index (χ1v) is 6.73. The molecular weight excluding hydrogens is 248 g/mol. The summed E-state index contributed by atoms with van der Waals surface area (Å²) in [4.78, 5) is 25.4. The molecular formula is C13H24N2O4. The molecule has 1 saturated heterocycles. The molecule has 1 atom stereocenters. The van der Waals surface area contributed by atoms with E-state index in [9.17, 15) is 9.59 Å². The second-order valence-electron chi connectivity index (χ2n) is 5.70. The van der Waals surface area contributed by atoms with Crippen molar-refractivity contribution in [1.82, 2.24) is 10.2 Å². The van der Waals surface area contributed by atoms with Crippen LogP contribution in [0.25, 0.3) is 0 Å². The fourth-order valence-electron chi connectivity index (χ4n) is 1.99. The second kappa shape index (κ2) is 6.75. The Kier molecular flexibility index (Phi) is 5.60. The Morgan fingerprint density at radius 2 is 2.11 bits per heavy atom. The van der Waals surface area contributed by atoms with Gasteiger partial charge in [-0.15, -0.1) is 0 Å². The van der Waals surface area contributed by atoms with E-state index < -0.39 is 17.7 Å². The van der Waals surface area contributed by atoms with Crippen molar-refractivity contribution in [2.75, 3.05) is 19.7 Å². The normalized spacial score (nSPS) is 19.4. The molecule has 0 radical (unpaired) electrons. The van der Waals surface area contributed by atoms with E-state index in [2.05, 4.69) is 5.32 Å². The lowest BCUT2D eigenvalue weighted by atomic mass is 10.2. The number of carbonyl (C=O) groups excluding carboxylic acids is 2. The number of aliphatic hydroxyl groups is 1. The zero-order chi connectivity index (χ0) is 14.5. The third kappa shape index (κ3) is 5.06. The van der Waals surface area contributed by atoms with E-state index in [-0.39, 0.29) is 12.5 Å². The van der Waals surface area contributed by atoms with Gasteiger partial charge < -0.3 is 15.2 Å². The van der Waals surface area contributed by atoms with E-state index >= 15 is 0 Å². The van der Waals surface area contributed by atoms with E-state index in [0.29, 0.717) is 25.9 Å². The molecule has 6 nitrogen and oxygen atoms in total. The Hall–Kier alpha value is -1.30. The maximum absolute atomic E-state index is 12.0. The largest absolute Gasteiger partial charge is 0.444 e. The van der Waals surface area contributed by atoms with Crippen LogP contribution in [0.5, 0.6) is 0 Å². The molecule has 0 aromatic heterocycles. The van der Waals surface area contributed by atoms with Crippen LogP contribution < -0.4 is 5.32 Å². The fourth-order valence-corrected chi connectivity index (χ4v) is 1.99. The van der Waals surface area contributed by atoms with E-state index in [4.69, 9.17) is 9.84 Å². The highest BCUT2D eigenvalue weighted by molar-refractivity contribution is 5.86. The maximum Gasteiger partial charge on any atom is 0.410 e. The van der Waals surface area contributed by atoms with Crippen LogP contribution in [-0.2, 0) is 9.53 Å². The van der Waals surface area contributed by atoms with Gasteiger partial charge in [0.25, 0.3) is 0 Å². The van der Waals surface area contributed by atoms with Crippen LogP contribution in [0.3, 0.4) is 0 Å². The maximum atomic E-state index is 12.0. The molecule has 110 valence electrons. The van der Waals surface area contributed by atoms with Crippen molar-refractivity contribution in [3.05, 3.63) is 0 Å². The van der Waals surface area contributed by atoms with E-state index in [0.717, 1.165) is 6.42 Å². The molecule has 1 aliphatic heterocycles. The predicted molar refractivity (Wildman–Crippen MR) is 70.7 cm³/mol. The third-order valence-corrected chi connectivity index (χ3v) is 2.82. The molecule has 1 heterocycles. The first-order valence-electron chi connectivity index (χ1n) is 6.73. The zero-order valence-electron chi connectivity index (χ0n) is 11.9. The smallest absolute Gasteiger partial charge is 0.410 e. The molecule has 1 aliphatic rings. The fraction of sp³-hybridized carbons (Fsp3) is 0.846. The minimum Gasteiger partial charge on any atom is -0.444 e. The number of rotatable bonds is 4. The molecule has 1 unspecified atom stereocenters. The van der Waals surface area contributed by atoms with E-state index in [1.165, 1.54) is 4.90 Å². The minimum absolute atomic E-state index is 0.0424. The summed E-state index contributed by atoms with van der Waals surface area (Å²) < 4.78 is 5.29. The zero-order valence-corrected chi connectivity index (χ0v) is 11.9. The number of aliphatic hydroxyl groups excluding tert-OH is 1. The highest BCUT2D eigenvalue weighted by Gasteiger charge is 2.36. The van der Waals surface area contributed by atoms with Gasteiger partial charge in [-0.05, 0) is 40.0 Å². The van der Waals surface area contributed by atoms with Crippen molar-refractivity contribution in [2.24, 2.45) is 0 Å².